The molecular formula is C21H23BrN6. The maximum absolute atomic E-state index is 4.32. The minimum atomic E-state index is 0. The van der Waals surface area contributed by atoms with Crippen molar-refractivity contribution >= 4 is 30.0 Å². The summed E-state index contributed by atoms with van der Waals surface area (Å²) in [7, 11) is 2.08. The molecule has 0 saturated carbocycles. The third-order valence-electron chi connectivity index (χ3n) is 4.53. The van der Waals surface area contributed by atoms with Crippen molar-refractivity contribution in [2.75, 3.05) is 13.1 Å². The number of fused-ring (bicyclic) bond motifs is 1. The molecule has 0 fully saturated rings. The third kappa shape index (κ3) is 4.67. The summed E-state index contributed by atoms with van der Waals surface area (Å²) in [6, 6.07) is 14.5. The van der Waals surface area contributed by atoms with Crippen LogP contribution in [0.2, 0.25) is 0 Å². The number of imidazole rings is 1. The number of rotatable bonds is 4. The summed E-state index contributed by atoms with van der Waals surface area (Å²) in [5, 5.41) is 7.41. The normalized spacial score (nSPS) is 14.1. The number of hydrazone groups is 1. The molecular weight excluding hydrogens is 416 g/mol. The molecule has 0 amide bonds. The SMILES string of the molecule is Cn1c(/C=C/c2ccc(/C=N/NC3=NCCCN3)cc2)c[n+]2ccccc12.[Br-]. The lowest BCUT2D eigenvalue weighted by atomic mass is 10.1. The third-order valence-corrected chi connectivity index (χ3v) is 4.53. The lowest BCUT2D eigenvalue weighted by molar-refractivity contribution is -0.510. The first-order valence-electron chi connectivity index (χ1n) is 9.11. The van der Waals surface area contributed by atoms with Gasteiger partial charge < -0.3 is 22.3 Å². The van der Waals surface area contributed by atoms with E-state index in [9.17, 15) is 0 Å². The Labute approximate surface area is 175 Å². The second kappa shape index (κ2) is 9.32. The van der Waals surface area contributed by atoms with E-state index in [0.717, 1.165) is 47.9 Å². The number of hydrogen-bond donors (Lipinski definition) is 2. The molecule has 3 heterocycles. The summed E-state index contributed by atoms with van der Waals surface area (Å²) in [5.74, 6) is 0.741. The van der Waals surface area contributed by atoms with Crippen LogP contribution in [0.5, 0.6) is 0 Å². The molecule has 1 aliphatic rings. The van der Waals surface area contributed by atoms with Crippen molar-refractivity contribution in [3.05, 3.63) is 71.7 Å². The number of aliphatic imine (C=N–C) groups is 1. The molecule has 0 aliphatic carbocycles. The molecule has 0 atom stereocenters. The second-order valence-corrected chi connectivity index (χ2v) is 6.46. The average molecular weight is 439 g/mol. The molecule has 1 aromatic carbocycles. The van der Waals surface area contributed by atoms with E-state index in [1.807, 2.05) is 6.07 Å². The quantitative estimate of drug-likeness (QED) is 0.318. The number of nitrogens with one attached hydrogen (secondary N) is 2. The average Bonchev–Trinajstić information content (AvgIpc) is 3.04. The number of aryl methyl sites for hydroxylation is 1. The fourth-order valence-corrected chi connectivity index (χ4v) is 3.01. The van der Waals surface area contributed by atoms with E-state index in [2.05, 4.69) is 97.8 Å². The minimum absolute atomic E-state index is 0. The standard InChI is InChI=1S/C21H23N6.BrH/c1-26-19(16-27-14-3-2-5-20(26)27)11-10-17-6-8-18(9-7-17)15-24-25-21-22-12-4-13-23-21;/h2-3,5-11,14-16H,4,12-13H2,1H3,(H2,22,23,25);1H/q+1;/p-1/b11-10+,24-15+;. The van der Waals surface area contributed by atoms with Gasteiger partial charge in [-0.05, 0) is 29.7 Å². The Bertz CT molecular complexity index is 1020. The van der Waals surface area contributed by atoms with Gasteiger partial charge in [-0.15, -0.1) is 0 Å². The molecule has 3 aromatic rings. The number of guanidine groups is 1. The zero-order valence-electron chi connectivity index (χ0n) is 15.7. The van der Waals surface area contributed by atoms with E-state index < -0.39 is 0 Å². The molecule has 144 valence electrons. The van der Waals surface area contributed by atoms with Crippen molar-refractivity contribution < 1.29 is 21.4 Å². The van der Waals surface area contributed by atoms with E-state index in [1.165, 1.54) is 0 Å². The molecule has 0 radical (unpaired) electrons. The Morgan fingerprint density at radius 3 is 2.71 bits per heavy atom. The van der Waals surface area contributed by atoms with Crippen molar-refractivity contribution in [1.29, 1.82) is 0 Å². The van der Waals surface area contributed by atoms with Crippen LogP contribution < -0.4 is 32.1 Å². The number of halogens is 1. The van der Waals surface area contributed by atoms with Gasteiger partial charge >= 0.3 is 0 Å². The molecule has 2 N–H and O–H groups in total. The highest BCUT2D eigenvalue weighted by Gasteiger charge is 2.10. The van der Waals surface area contributed by atoms with Crippen LogP contribution >= 0.6 is 0 Å². The Morgan fingerprint density at radius 1 is 1.14 bits per heavy atom. The smallest absolute Gasteiger partial charge is 0.286 e. The molecule has 6 nitrogen and oxygen atoms in total. The first-order valence-corrected chi connectivity index (χ1v) is 9.11. The summed E-state index contributed by atoms with van der Waals surface area (Å²) >= 11 is 0. The molecule has 7 heteroatoms. The lowest BCUT2D eigenvalue weighted by Crippen LogP contribution is -3.00. The van der Waals surface area contributed by atoms with Crippen LogP contribution in [0.1, 0.15) is 23.2 Å². The predicted molar refractivity (Wildman–Crippen MR) is 110 cm³/mol. The second-order valence-electron chi connectivity index (χ2n) is 6.46. The molecule has 0 bridgehead atoms. The van der Waals surface area contributed by atoms with Crippen LogP contribution in [0, 0.1) is 0 Å². The van der Waals surface area contributed by atoms with Crippen LogP contribution in [0.15, 0.2) is 65.0 Å². The number of pyridine rings is 1. The maximum Gasteiger partial charge on any atom is 0.286 e. The number of nitrogens with zero attached hydrogens (tertiary/aromatic N) is 4. The Kier molecular flexibility index (Phi) is 6.60. The highest BCUT2D eigenvalue weighted by Crippen LogP contribution is 2.10. The van der Waals surface area contributed by atoms with Crippen LogP contribution in [0.4, 0.5) is 0 Å². The van der Waals surface area contributed by atoms with Gasteiger partial charge in [-0.25, -0.2) is 14.4 Å². The molecule has 0 spiro atoms. The van der Waals surface area contributed by atoms with Gasteiger partial charge in [0.15, 0.2) is 5.69 Å². The van der Waals surface area contributed by atoms with Gasteiger partial charge in [0.1, 0.15) is 6.20 Å². The molecule has 0 saturated heterocycles. The zero-order chi connectivity index (χ0) is 18.5. The molecule has 2 aromatic heterocycles. The lowest BCUT2D eigenvalue weighted by Gasteiger charge is -2.12. The van der Waals surface area contributed by atoms with Gasteiger partial charge in [-0.3, -0.25) is 4.99 Å². The Hall–Kier alpha value is -2.93. The maximum atomic E-state index is 4.32. The van der Waals surface area contributed by atoms with E-state index in [4.69, 9.17) is 0 Å². The molecule has 1 aliphatic heterocycles. The van der Waals surface area contributed by atoms with Crippen molar-refractivity contribution in [2.24, 2.45) is 17.1 Å². The summed E-state index contributed by atoms with van der Waals surface area (Å²) < 4.78 is 4.29. The van der Waals surface area contributed by atoms with Crippen molar-refractivity contribution in [3.63, 3.8) is 0 Å². The number of aromatic nitrogens is 2. The van der Waals surface area contributed by atoms with Crippen LogP contribution in [-0.2, 0) is 7.05 Å². The Balaban J connectivity index is 0.00000225. The largest absolute Gasteiger partial charge is 1.00 e. The van der Waals surface area contributed by atoms with Crippen LogP contribution in [0.25, 0.3) is 17.8 Å². The number of hydrogen-bond acceptors (Lipinski definition) is 4. The number of benzene rings is 1. The van der Waals surface area contributed by atoms with Gasteiger partial charge in [0, 0.05) is 19.2 Å². The van der Waals surface area contributed by atoms with Crippen molar-refractivity contribution in [3.8, 4) is 0 Å². The summed E-state index contributed by atoms with van der Waals surface area (Å²) in [4.78, 5) is 4.32. The van der Waals surface area contributed by atoms with Gasteiger partial charge in [0.25, 0.3) is 5.65 Å². The van der Waals surface area contributed by atoms with Crippen molar-refractivity contribution in [2.45, 2.75) is 6.42 Å². The molecule has 4 rings (SSSR count). The van der Waals surface area contributed by atoms with Gasteiger partial charge in [-0.1, -0.05) is 36.4 Å². The molecule has 0 unspecified atom stereocenters. The van der Waals surface area contributed by atoms with E-state index in [0.29, 0.717) is 0 Å². The zero-order valence-corrected chi connectivity index (χ0v) is 17.3. The highest BCUT2D eigenvalue weighted by atomic mass is 79.9. The first-order chi connectivity index (χ1) is 13.3. The summed E-state index contributed by atoms with van der Waals surface area (Å²) in [5.41, 5.74) is 7.43. The van der Waals surface area contributed by atoms with Crippen LogP contribution in [0.3, 0.4) is 0 Å². The minimum Gasteiger partial charge on any atom is -1.00 e. The van der Waals surface area contributed by atoms with E-state index in [1.54, 1.807) is 6.21 Å². The first kappa shape index (κ1) is 19.8. The van der Waals surface area contributed by atoms with Gasteiger partial charge in [0.2, 0.25) is 5.96 Å². The van der Waals surface area contributed by atoms with E-state index in [-0.39, 0.29) is 17.0 Å². The van der Waals surface area contributed by atoms with Crippen LogP contribution in [-0.4, -0.2) is 29.8 Å². The summed E-state index contributed by atoms with van der Waals surface area (Å²) in [6.07, 6.45) is 11.3. The van der Waals surface area contributed by atoms with Gasteiger partial charge in [-0.2, -0.15) is 5.10 Å². The topological polar surface area (TPSA) is 57.8 Å². The highest BCUT2D eigenvalue weighted by molar-refractivity contribution is 5.84. The molecule has 28 heavy (non-hydrogen) atoms. The predicted octanol–water partition coefficient (Wildman–Crippen LogP) is -0.789. The Morgan fingerprint density at radius 2 is 1.96 bits per heavy atom. The van der Waals surface area contributed by atoms with Gasteiger partial charge in [0.05, 0.1) is 19.5 Å². The van der Waals surface area contributed by atoms with Crippen molar-refractivity contribution in [1.82, 2.24) is 15.3 Å². The van der Waals surface area contributed by atoms with E-state index >= 15 is 0 Å². The summed E-state index contributed by atoms with van der Waals surface area (Å²) in [6.45, 7) is 1.79. The fraction of sp³-hybridized carbons (Fsp3) is 0.190. The monoisotopic (exact) mass is 438 g/mol. The fourth-order valence-electron chi connectivity index (χ4n) is 3.01.